The number of imidazole rings is 1. The Morgan fingerprint density at radius 1 is 0.946 bits per heavy atom. The molecule has 0 fully saturated rings. The minimum absolute atomic E-state index is 0.151. The van der Waals surface area contributed by atoms with Crippen LogP contribution in [0.15, 0.2) is 84.9 Å². The van der Waals surface area contributed by atoms with Crippen LogP contribution in [0.3, 0.4) is 0 Å². The van der Waals surface area contributed by atoms with E-state index < -0.39 is 28.8 Å². The smallest absolute Gasteiger partial charge is 0.264 e. The molecule has 190 valence electrons. The molecule has 3 aromatic carbocycles. The minimum Gasteiger partial charge on any atom is -0.344 e. The number of aromatic amines is 1. The standard InChI is InChI=1S/C27H27N5O4S/c28-20(14-17-6-2-1-3-7-17)27(34)31-23(26-29-21-8-4-5-9-22(21)30-26)15-18-10-12-19(13-11-18)24-16-25(33)32-37(24,35)36/h1-13,16,20,23,35-36H,14-15,28H2,(H,29,30)(H,31,34)(H,32,33)/t20-,23-/m0/s1. The highest BCUT2D eigenvalue weighted by Gasteiger charge is 2.29. The van der Waals surface area contributed by atoms with Crippen LogP contribution in [0.4, 0.5) is 0 Å². The molecule has 10 heteroatoms. The SMILES string of the molecule is N[C@@H](Cc1ccccc1)C(=O)N[C@@H](Cc1ccc(C2=CC(=O)NS2(O)O)cc1)c1nc2ccccc2[nH]1. The number of hydrogen-bond donors (Lipinski definition) is 6. The van der Waals surface area contributed by atoms with Gasteiger partial charge in [0, 0.05) is 6.08 Å². The molecule has 1 aliphatic rings. The molecule has 2 amide bonds. The highest BCUT2D eigenvalue weighted by molar-refractivity contribution is 8.31. The molecule has 7 N–H and O–H groups in total. The van der Waals surface area contributed by atoms with E-state index >= 15 is 0 Å². The van der Waals surface area contributed by atoms with Crippen molar-refractivity contribution < 1.29 is 18.7 Å². The summed E-state index contributed by atoms with van der Waals surface area (Å²) in [7, 11) is -3.36. The van der Waals surface area contributed by atoms with Crippen molar-refractivity contribution in [3.8, 4) is 0 Å². The number of nitrogens with two attached hydrogens (primary N) is 1. The molecular weight excluding hydrogens is 490 g/mol. The fourth-order valence-corrected chi connectivity index (χ4v) is 5.49. The topological polar surface area (TPSA) is 153 Å². The first-order valence-electron chi connectivity index (χ1n) is 11.7. The summed E-state index contributed by atoms with van der Waals surface area (Å²) in [5.74, 6) is -0.229. The van der Waals surface area contributed by atoms with Crippen LogP contribution in [0.25, 0.3) is 15.9 Å². The van der Waals surface area contributed by atoms with Crippen LogP contribution < -0.4 is 15.8 Å². The number of hydrogen-bond acceptors (Lipinski definition) is 6. The third kappa shape index (κ3) is 5.57. The molecule has 9 nitrogen and oxygen atoms in total. The van der Waals surface area contributed by atoms with Crippen molar-refractivity contribution in [3.63, 3.8) is 0 Å². The lowest BCUT2D eigenvalue weighted by atomic mass is 10.0. The first-order chi connectivity index (χ1) is 17.8. The second-order valence-electron chi connectivity index (χ2n) is 8.92. The molecule has 0 saturated heterocycles. The first kappa shape index (κ1) is 24.7. The number of fused-ring (bicyclic) bond motifs is 1. The molecule has 0 unspecified atom stereocenters. The van der Waals surface area contributed by atoms with Gasteiger partial charge in [-0.1, -0.05) is 77.5 Å². The van der Waals surface area contributed by atoms with Crippen LogP contribution in [0.5, 0.6) is 0 Å². The predicted molar refractivity (Wildman–Crippen MR) is 144 cm³/mol. The van der Waals surface area contributed by atoms with Crippen molar-refractivity contribution in [1.82, 2.24) is 20.0 Å². The molecule has 0 saturated carbocycles. The monoisotopic (exact) mass is 517 g/mol. The van der Waals surface area contributed by atoms with E-state index in [1.54, 1.807) is 12.1 Å². The Kier molecular flexibility index (Phi) is 6.81. The van der Waals surface area contributed by atoms with Gasteiger partial charge in [-0.05, 0) is 41.7 Å². The zero-order valence-corrected chi connectivity index (χ0v) is 20.6. The van der Waals surface area contributed by atoms with E-state index in [9.17, 15) is 18.7 Å². The molecule has 37 heavy (non-hydrogen) atoms. The lowest BCUT2D eigenvalue weighted by molar-refractivity contribution is -0.123. The number of benzene rings is 3. The Morgan fingerprint density at radius 2 is 1.62 bits per heavy atom. The number of rotatable bonds is 8. The van der Waals surface area contributed by atoms with E-state index in [4.69, 9.17) is 5.73 Å². The highest BCUT2D eigenvalue weighted by atomic mass is 32.3. The van der Waals surface area contributed by atoms with E-state index in [1.165, 1.54) is 6.08 Å². The van der Waals surface area contributed by atoms with E-state index in [1.807, 2.05) is 66.7 Å². The number of carbonyl (C=O) groups excluding carboxylic acids is 2. The van der Waals surface area contributed by atoms with Gasteiger partial charge in [-0.2, -0.15) is 0 Å². The third-order valence-corrected chi connectivity index (χ3v) is 7.63. The van der Waals surface area contributed by atoms with E-state index in [2.05, 4.69) is 20.0 Å². The molecule has 0 spiro atoms. The highest BCUT2D eigenvalue weighted by Crippen LogP contribution is 2.52. The predicted octanol–water partition coefficient (Wildman–Crippen LogP) is 3.67. The Morgan fingerprint density at radius 3 is 2.30 bits per heavy atom. The molecule has 4 aromatic rings. The summed E-state index contributed by atoms with van der Waals surface area (Å²) in [5.41, 5.74) is 10.3. The molecule has 1 aliphatic heterocycles. The summed E-state index contributed by atoms with van der Waals surface area (Å²) in [6.45, 7) is 0. The average molecular weight is 518 g/mol. The lowest BCUT2D eigenvalue weighted by Crippen LogP contribution is -2.44. The maximum Gasteiger partial charge on any atom is 0.264 e. The fourth-order valence-electron chi connectivity index (χ4n) is 4.31. The van der Waals surface area contributed by atoms with Gasteiger partial charge in [0.25, 0.3) is 5.91 Å². The fraction of sp³-hybridized carbons (Fsp3) is 0.148. The van der Waals surface area contributed by atoms with Gasteiger partial charge in [0.1, 0.15) is 5.82 Å². The summed E-state index contributed by atoms with van der Waals surface area (Å²) in [4.78, 5) is 32.8. The van der Waals surface area contributed by atoms with Crippen molar-refractivity contribution in [2.24, 2.45) is 5.73 Å². The molecule has 2 atom stereocenters. The van der Waals surface area contributed by atoms with Crippen molar-refractivity contribution in [1.29, 1.82) is 0 Å². The Balaban J connectivity index is 1.37. The van der Waals surface area contributed by atoms with Gasteiger partial charge in [0.15, 0.2) is 0 Å². The second-order valence-corrected chi connectivity index (χ2v) is 10.7. The molecule has 0 bridgehead atoms. The van der Waals surface area contributed by atoms with E-state index in [-0.39, 0.29) is 10.8 Å². The van der Waals surface area contributed by atoms with Crippen LogP contribution >= 0.6 is 10.8 Å². The van der Waals surface area contributed by atoms with Gasteiger partial charge in [0.05, 0.1) is 28.0 Å². The second kappa shape index (κ2) is 10.2. The minimum atomic E-state index is -3.36. The molecule has 0 radical (unpaired) electrons. The Labute approximate surface area is 215 Å². The van der Waals surface area contributed by atoms with Crippen molar-refractivity contribution in [2.75, 3.05) is 0 Å². The number of aromatic nitrogens is 2. The van der Waals surface area contributed by atoms with Crippen molar-refractivity contribution >= 4 is 38.5 Å². The van der Waals surface area contributed by atoms with Crippen molar-refractivity contribution in [3.05, 3.63) is 107 Å². The van der Waals surface area contributed by atoms with Gasteiger partial charge in [-0.15, -0.1) is 0 Å². The first-order valence-corrected chi connectivity index (χ1v) is 13.3. The summed E-state index contributed by atoms with van der Waals surface area (Å²) in [6, 6.07) is 23.1. The van der Waals surface area contributed by atoms with Gasteiger partial charge in [-0.25, -0.2) is 9.71 Å². The summed E-state index contributed by atoms with van der Waals surface area (Å²) in [6.07, 6.45) is 2.01. The Hall–Kier alpha value is -3.96. The summed E-state index contributed by atoms with van der Waals surface area (Å²) in [5, 5.41) is 3.05. The average Bonchev–Trinajstić information content (AvgIpc) is 3.44. The van der Waals surface area contributed by atoms with Gasteiger partial charge >= 0.3 is 0 Å². The number of H-pyrrole nitrogens is 1. The number of amides is 2. The number of carbonyl (C=O) groups is 2. The van der Waals surface area contributed by atoms with Gasteiger partial charge in [0.2, 0.25) is 5.91 Å². The zero-order chi connectivity index (χ0) is 26.0. The van der Waals surface area contributed by atoms with Crippen molar-refractivity contribution in [2.45, 2.75) is 24.9 Å². The van der Waals surface area contributed by atoms with E-state index in [0.29, 0.717) is 24.2 Å². The van der Waals surface area contributed by atoms with Crippen LogP contribution in [-0.4, -0.2) is 36.9 Å². The van der Waals surface area contributed by atoms with Crippen LogP contribution in [0.2, 0.25) is 0 Å². The third-order valence-electron chi connectivity index (χ3n) is 6.18. The summed E-state index contributed by atoms with van der Waals surface area (Å²) < 4.78 is 22.4. The zero-order valence-electron chi connectivity index (χ0n) is 19.8. The molecule has 1 aromatic heterocycles. The number of nitrogens with one attached hydrogen (secondary N) is 3. The van der Waals surface area contributed by atoms with E-state index in [0.717, 1.165) is 22.2 Å². The molecule has 5 rings (SSSR count). The quantitative estimate of drug-likeness (QED) is 0.210. The molecule has 0 aliphatic carbocycles. The lowest BCUT2D eigenvalue weighted by Gasteiger charge is -2.29. The largest absolute Gasteiger partial charge is 0.344 e. The number of para-hydroxylation sites is 2. The maximum absolute atomic E-state index is 13.1. The maximum atomic E-state index is 13.1. The molecular formula is C27H27N5O4S. The van der Waals surface area contributed by atoms with Gasteiger partial charge in [-0.3, -0.25) is 18.7 Å². The van der Waals surface area contributed by atoms with Gasteiger partial charge < -0.3 is 16.0 Å². The molecule has 2 heterocycles. The Bertz CT molecular complexity index is 1430. The van der Waals surface area contributed by atoms with Crippen LogP contribution in [0.1, 0.15) is 28.6 Å². The van der Waals surface area contributed by atoms with Crippen LogP contribution in [0, 0.1) is 0 Å². The normalized spacial score (nSPS) is 17.1. The summed E-state index contributed by atoms with van der Waals surface area (Å²) >= 11 is 0. The number of nitrogens with zero attached hydrogens (tertiary/aromatic N) is 1. The van der Waals surface area contributed by atoms with Crippen LogP contribution in [-0.2, 0) is 22.4 Å².